The second kappa shape index (κ2) is 5.15. The highest BCUT2D eigenvalue weighted by Crippen LogP contribution is 2.31. The van der Waals surface area contributed by atoms with E-state index in [0.29, 0.717) is 11.6 Å². The first-order chi connectivity index (χ1) is 8.20. The van der Waals surface area contributed by atoms with Gasteiger partial charge in [-0.25, -0.2) is 0 Å². The lowest BCUT2D eigenvalue weighted by Crippen LogP contribution is -1.96. The maximum absolute atomic E-state index is 5.95. The van der Waals surface area contributed by atoms with Crippen molar-refractivity contribution in [3.8, 4) is 17.0 Å². The molecule has 88 valence electrons. The molecule has 0 amide bonds. The Labute approximate surface area is 105 Å². The Morgan fingerprint density at radius 2 is 2.06 bits per heavy atom. The van der Waals surface area contributed by atoms with Gasteiger partial charge in [0.05, 0.1) is 24.2 Å². The van der Waals surface area contributed by atoms with Gasteiger partial charge in [0.25, 0.3) is 0 Å². The molecule has 0 radical (unpaired) electrons. The Morgan fingerprint density at radius 3 is 2.71 bits per heavy atom. The van der Waals surface area contributed by atoms with Crippen molar-refractivity contribution in [1.82, 2.24) is 9.97 Å². The lowest BCUT2D eigenvalue weighted by Gasteiger charge is -2.09. The van der Waals surface area contributed by atoms with Crippen LogP contribution in [0.3, 0.4) is 0 Å². The SMILES string of the molecule is CCOc1cc(Cl)ccc1-c1cnc(C)cn1. The molecule has 2 rings (SSSR count). The summed E-state index contributed by atoms with van der Waals surface area (Å²) in [5, 5.41) is 0.650. The Balaban J connectivity index is 2.46. The van der Waals surface area contributed by atoms with Crippen molar-refractivity contribution in [2.24, 2.45) is 0 Å². The van der Waals surface area contributed by atoms with Gasteiger partial charge < -0.3 is 4.74 Å². The quantitative estimate of drug-likeness (QED) is 0.834. The highest BCUT2D eigenvalue weighted by Gasteiger charge is 2.08. The van der Waals surface area contributed by atoms with Crippen LogP contribution in [0, 0.1) is 6.92 Å². The molecule has 0 aliphatic carbocycles. The predicted molar refractivity (Wildman–Crippen MR) is 68.4 cm³/mol. The zero-order valence-electron chi connectivity index (χ0n) is 9.77. The maximum atomic E-state index is 5.95. The van der Waals surface area contributed by atoms with Crippen LogP contribution < -0.4 is 4.74 Å². The Hall–Kier alpha value is -1.61. The maximum Gasteiger partial charge on any atom is 0.130 e. The van der Waals surface area contributed by atoms with Gasteiger partial charge in [0.2, 0.25) is 0 Å². The molecule has 1 heterocycles. The summed E-state index contributed by atoms with van der Waals surface area (Å²) in [7, 11) is 0. The largest absolute Gasteiger partial charge is 0.493 e. The van der Waals surface area contributed by atoms with Crippen LogP contribution in [-0.2, 0) is 0 Å². The molecule has 0 saturated heterocycles. The highest BCUT2D eigenvalue weighted by atomic mass is 35.5. The number of hydrogen-bond donors (Lipinski definition) is 0. The third kappa shape index (κ3) is 2.74. The van der Waals surface area contributed by atoms with Gasteiger partial charge in [-0.3, -0.25) is 9.97 Å². The van der Waals surface area contributed by atoms with Crippen LogP contribution in [0.25, 0.3) is 11.3 Å². The molecule has 0 saturated carbocycles. The van der Waals surface area contributed by atoms with E-state index in [4.69, 9.17) is 16.3 Å². The van der Waals surface area contributed by atoms with Crippen LogP contribution in [0.4, 0.5) is 0 Å². The van der Waals surface area contributed by atoms with Gasteiger partial charge in [-0.05, 0) is 32.0 Å². The van der Waals surface area contributed by atoms with E-state index in [0.717, 1.165) is 22.7 Å². The van der Waals surface area contributed by atoms with Crippen LogP contribution in [0.15, 0.2) is 30.6 Å². The zero-order valence-corrected chi connectivity index (χ0v) is 10.5. The molecule has 0 N–H and O–H groups in total. The molecule has 1 aromatic carbocycles. The van der Waals surface area contributed by atoms with Gasteiger partial charge in [0, 0.05) is 16.8 Å². The molecule has 0 spiro atoms. The van der Waals surface area contributed by atoms with Gasteiger partial charge >= 0.3 is 0 Å². The van der Waals surface area contributed by atoms with Crippen LogP contribution in [0.1, 0.15) is 12.6 Å². The van der Waals surface area contributed by atoms with Crippen molar-refractivity contribution in [2.45, 2.75) is 13.8 Å². The average Bonchev–Trinajstić information content (AvgIpc) is 2.31. The van der Waals surface area contributed by atoms with E-state index in [1.54, 1.807) is 18.5 Å². The smallest absolute Gasteiger partial charge is 0.130 e. The molecule has 3 nitrogen and oxygen atoms in total. The van der Waals surface area contributed by atoms with Gasteiger partial charge in [0.15, 0.2) is 0 Å². The Bertz CT molecular complexity index is 511. The number of halogens is 1. The van der Waals surface area contributed by atoms with Gasteiger partial charge in [0.1, 0.15) is 5.75 Å². The summed E-state index contributed by atoms with van der Waals surface area (Å²) in [4.78, 5) is 8.56. The molecule has 0 aliphatic rings. The fraction of sp³-hybridized carbons (Fsp3) is 0.231. The summed E-state index contributed by atoms with van der Waals surface area (Å²) in [5.74, 6) is 0.734. The summed E-state index contributed by atoms with van der Waals surface area (Å²) >= 11 is 5.95. The minimum atomic E-state index is 0.590. The second-order valence-corrected chi connectivity index (χ2v) is 4.05. The molecule has 4 heteroatoms. The van der Waals surface area contributed by atoms with E-state index in [1.165, 1.54) is 0 Å². The van der Waals surface area contributed by atoms with Crippen molar-refractivity contribution in [2.75, 3.05) is 6.61 Å². The molecule has 1 aromatic heterocycles. The number of rotatable bonds is 3. The highest BCUT2D eigenvalue weighted by molar-refractivity contribution is 6.30. The lowest BCUT2D eigenvalue weighted by atomic mass is 10.1. The predicted octanol–water partition coefficient (Wildman–Crippen LogP) is 3.50. The van der Waals surface area contributed by atoms with Gasteiger partial charge in [-0.1, -0.05) is 11.6 Å². The van der Waals surface area contributed by atoms with Crippen molar-refractivity contribution in [3.63, 3.8) is 0 Å². The van der Waals surface area contributed by atoms with Crippen LogP contribution in [-0.4, -0.2) is 16.6 Å². The number of aromatic nitrogens is 2. The van der Waals surface area contributed by atoms with Crippen LogP contribution in [0.2, 0.25) is 5.02 Å². The van der Waals surface area contributed by atoms with Crippen molar-refractivity contribution >= 4 is 11.6 Å². The van der Waals surface area contributed by atoms with E-state index < -0.39 is 0 Å². The monoisotopic (exact) mass is 248 g/mol. The molecule has 0 aliphatic heterocycles. The summed E-state index contributed by atoms with van der Waals surface area (Å²) in [6.45, 7) is 4.43. The Morgan fingerprint density at radius 1 is 1.24 bits per heavy atom. The van der Waals surface area contributed by atoms with Gasteiger partial charge in [-0.2, -0.15) is 0 Å². The fourth-order valence-electron chi connectivity index (χ4n) is 1.51. The molecule has 2 aromatic rings. The van der Waals surface area contributed by atoms with Gasteiger partial charge in [-0.15, -0.1) is 0 Å². The lowest BCUT2D eigenvalue weighted by molar-refractivity contribution is 0.341. The minimum absolute atomic E-state index is 0.590. The minimum Gasteiger partial charge on any atom is -0.493 e. The first-order valence-electron chi connectivity index (χ1n) is 5.42. The number of benzene rings is 1. The first kappa shape index (κ1) is 11.9. The van der Waals surface area contributed by atoms with E-state index in [2.05, 4.69) is 9.97 Å². The van der Waals surface area contributed by atoms with E-state index in [9.17, 15) is 0 Å². The summed E-state index contributed by atoms with van der Waals surface area (Å²) in [6, 6.07) is 5.51. The van der Waals surface area contributed by atoms with E-state index in [-0.39, 0.29) is 0 Å². The van der Waals surface area contributed by atoms with Crippen molar-refractivity contribution in [1.29, 1.82) is 0 Å². The summed E-state index contributed by atoms with van der Waals surface area (Å²) in [6.07, 6.45) is 3.47. The van der Waals surface area contributed by atoms with Crippen molar-refractivity contribution in [3.05, 3.63) is 41.3 Å². The summed E-state index contributed by atoms with van der Waals surface area (Å²) < 4.78 is 5.55. The third-order valence-electron chi connectivity index (χ3n) is 2.30. The third-order valence-corrected chi connectivity index (χ3v) is 2.54. The molecule has 17 heavy (non-hydrogen) atoms. The number of aryl methyl sites for hydroxylation is 1. The number of nitrogens with zero attached hydrogens (tertiary/aromatic N) is 2. The van der Waals surface area contributed by atoms with Crippen LogP contribution in [0.5, 0.6) is 5.75 Å². The van der Waals surface area contributed by atoms with Crippen LogP contribution >= 0.6 is 11.6 Å². The fourth-order valence-corrected chi connectivity index (χ4v) is 1.68. The molecule has 0 unspecified atom stereocenters. The topological polar surface area (TPSA) is 35.0 Å². The van der Waals surface area contributed by atoms with E-state index in [1.807, 2.05) is 26.0 Å². The number of ether oxygens (including phenoxy) is 1. The normalized spacial score (nSPS) is 10.3. The average molecular weight is 249 g/mol. The summed E-state index contributed by atoms with van der Waals surface area (Å²) in [5.41, 5.74) is 2.58. The molecule has 0 fully saturated rings. The molecular formula is C13H13ClN2O. The van der Waals surface area contributed by atoms with E-state index >= 15 is 0 Å². The molecule has 0 atom stereocenters. The molecular weight excluding hydrogens is 236 g/mol. The number of hydrogen-bond acceptors (Lipinski definition) is 3. The van der Waals surface area contributed by atoms with Crippen molar-refractivity contribution < 1.29 is 4.74 Å². The first-order valence-corrected chi connectivity index (χ1v) is 5.80. The molecule has 0 bridgehead atoms. The standard InChI is InChI=1S/C13H13ClN2O/c1-3-17-13-6-10(14)4-5-11(13)12-8-15-9(2)7-16-12/h4-8H,3H2,1-2H3. The second-order valence-electron chi connectivity index (χ2n) is 3.62. The Kier molecular flexibility index (Phi) is 3.59. The zero-order chi connectivity index (χ0) is 12.3.